The minimum absolute atomic E-state index is 0.262. The van der Waals surface area contributed by atoms with Crippen LogP contribution in [0.4, 0.5) is 0 Å². The highest BCUT2D eigenvalue weighted by atomic mass is 35.5. The van der Waals surface area contributed by atoms with Crippen molar-refractivity contribution in [1.82, 2.24) is 0 Å². The lowest BCUT2D eigenvalue weighted by Crippen LogP contribution is -2.56. The molecule has 6 nitrogen and oxygen atoms in total. The SMILES string of the molecule is CC.CCOc1ccc(Cc2cc([C@@]3(OC)CC(OCc4ccccc4)[C@H](OCc4ccccc4)C(CO)O3)ccc2Cl)cc1. The molecule has 0 bridgehead atoms. The number of aliphatic hydroxyl groups is 1. The maximum absolute atomic E-state index is 10.5. The van der Waals surface area contributed by atoms with Crippen molar-refractivity contribution in [3.8, 4) is 5.75 Å². The Bertz CT molecular complexity index is 1420. The molecule has 4 aromatic rings. The van der Waals surface area contributed by atoms with E-state index in [2.05, 4.69) is 0 Å². The van der Waals surface area contributed by atoms with Gasteiger partial charge in [-0.3, -0.25) is 0 Å². The fourth-order valence-corrected chi connectivity index (χ4v) is 5.69. The number of ether oxygens (including phenoxy) is 5. The lowest BCUT2D eigenvalue weighted by atomic mass is 9.89. The summed E-state index contributed by atoms with van der Waals surface area (Å²) in [7, 11) is 1.62. The molecular formula is C38H45ClO6. The minimum Gasteiger partial charge on any atom is -0.494 e. The molecule has 1 heterocycles. The molecule has 0 spiro atoms. The van der Waals surface area contributed by atoms with E-state index >= 15 is 0 Å². The van der Waals surface area contributed by atoms with Crippen LogP contribution in [0.5, 0.6) is 5.75 Å². The van der Waals surface area contributed by atoms with Gasteiger partial charge in [0.05, 0.1) is 32.5 Å². The molecule has 2 unspecified atom stereocenters. The highest BCUT2D eigenvalue weighted by Gasteiger charge is 2.50. The summed E-state index contributed by atoms with van der Waals surface area (Å²) in [6.07, 6.45) is -0.661. The molecule has 1 fully saturated rings. The molecule has 1 saturated heterocycles. The Kier molecular flexibility index (Phi) is 13.4. The summed E-state index contributed by atoms with van der Waals surface area (Å²) in [5.74, 6) is -0.347. The van der Waals surface area contributed by atoms with Crippen LogP contribution in [0.25, 0.3) is 0 Å². The zero-order valence-electron chi connectivity index (χ0n) is 26.7. The zero-order valence-corrected chi connectivity index (χ0v) is 27.4. The smallest absolute Gasteiger partial charge is 0.197 e. The molecule has 1 aliphatic rings. The van der Waals surface area contributed by atoms with Gasteiger partial charge >= 0.3 is 0 Å². The average molecular weight is 633 g/mol. The van der Waals surface area contributed by atoms with Crippen molar-refractivity contribution in [2.45, 2.75) is 70.9 Å². The number of aliphatic hydroxyl groups excluding tert-OH is 1. The van der Waals surface area contributed by atoms with Gasteiger partial charge in [-0.25, -0.2) is 0 Å². The van der Waals surface area contributed by atoms with Gasteiger partial charge in [0.15, 0.2) is 5.79 Å². The van der Waals surface area contributed by atoms with Crippen molar-refractivity contribution >= 4 is 11.6 Å². The standard InChI is InChI=1S/C36H39ClO6.C2H6/c1-3-40-31-17-14-26(15-18-31)20-29-21-30(16-19-32(29)37)36(39-2)22-33(41-24-27-10-6-4-7-11-27)35(34(23-38)43-36)42-25-28-12-8-5-9-13-28;1-2/h4-19,21,33-35,38H,3,20,22-25H2,1-2H3;1-2H3/t33?,34?,35-,36+;/m0./s1. The lowest BCUT2D eigenvalue weighted by molar-refractivity contribution is -0.335. The lowest BCUT2D eigenvalue weighted by Gasteiger charge is -2.47. The van der Waals surface area contributed by atoms with Crippen LogP contribution in [-0.4, -0.2) is 43.7 Å². The summed E-state index contributed by atoms with van der Waals surface area (Å²) >= 11 is 6.69. The second-order valence-corrected chi connectivity index (χ2v) is 11.1. The largest absolute Gasteiger partial charge is 0.494 e. The van der Waals surface area contributed by atoms with E-state index in [1.54, 1.807) is 7.11 Å². The molecular weight excluding hydrogens is 588 g/mol. The van der Waals surface area contributed by atoms with E-state index in [0.29, 0.717) is 37.7 Å². The second kappa shape index (κ2) is 17.5. The van der Waals surface area contributed by atoms with E-state index in [0.717, 1.165) is 33.6 Å². The number of hydrogen-bond donors (Lipinski definition) is 1. The van der Waals surface area contributed by atoms with Gasteiger partial charge in [0.1, 0.15) is 18.0 Å². The quantitative estimate of drug-likeness (QED) is 0.161. The van der Waals surface area contributed by atoms with Gasteiger partial charge in [0.25, 0.3) is 0 Å². The maximum Gasteiger partial charge on any atom is 0.197 e. The molecule has 0 radical (unpaired) electrons. The Morgan fingerprint density at radius 3 is 2.02 bits per heavy atom. The van der Waals surface area contributed by atoms with Gasteiger partial charge in [-0.2, -0.15) is 0 Å². The molecule has 45 heavy (non-hydrogen) atoms. The van der Waals surface area contributed by atoms with Gasteiger partial charge in [0.2, 0.25) is 0 Å². The van der Waals surface area contributed by atoms with Gasteiger partial charge < -0.3 is 28.8 Å². The number of benzene rings is 4. The van der Waals surface area contributed by atoms with Crippen molar-refractivity contribution in [3.63, 3.8) is 0 Å². The molecule has 7 heteroatoms. The van der Waals surface area contributed by atoms with Crippen LogP contribution in [0.2, 0.25) is 5.02 Å². The first-order valence-electron chi connectivity index (χ1n) is 15.7. The van der Waals surface area contributed by atoms with Gasteiger partial charge in [-0.05, 0) is 59.9 Å². The van der Waals surface area contributed by atoms with Crippen LogP contribution in [0.15, 0.2) is 103 Å². The second-order valence-electron chi connectivity index (χ2n) is 10.7. The van der Waals surface area contributed by atoms with Crippen molar-refractivity contribution in [1.29, 1.82) is 0 Å². The number of rotatable bonds is 13. The predicted octanol–water partition coefficient (Wildman–Crippen LogP) is 8.11. The highest BCUT2D eigenvalue weighted by Crippen LogP contribution is 2.42. The fourth-order valence-electron chi connectivity index (χ4n) is 5.51. The summed E-state index contributed by atoms with van der Waals surface area (Å²) in [5, 5.41) is 11.2. The normalized spacial score (nSPS) is 21.1. The van der Waals surface area contributed by atoms with Crippen molar-refractivity contribution in [2.24, 2.45) is 0 Å². The van der Waals surface area contributed by atoms with Crippen LogP contribution >= 0.6 is 11.6 Å². The molecule has 5 rings (SSSR count). The molecule has 1 N–H and O–H groups in total. The molecule has 0 aliphatic carbocycles. The third kappa shape index (κ3) is 9.17. The Morgan fingerprint density at radius 2 is 1.44 bits per heavy atom. The van der Waals surface area contributed by atoms with Gasteiger partial charge in [0, 0.05) is 24.1 Å². The van der Waals surface area contributed by atoms with Crippen molar-refractivity contribution in [2.75, 3.05) is 20.3 Å². The molecule has 0 amide bonds. The average Bonchev–Trinajstić information content (AvgIpc) is 3.10. The van der Waals surface area contributed by atoms with E-state index in [1.807, 2.05) is 124 Å². The first-order valence-corrected chi connectivity index (χ1v) is 16.1. The summed E-state index contributed by atoms with van der Waals surface area (Å²) in [5.41, 5.74) is 4.91. The van der Waals surface area contributed by atoms with Crippen LogP contribution in [0.3, 0.4) is 0 Å². The van der Waals surface area contributed by atoms with Crippen LogP contribution in [0, 0.1) is 0 Å². The highest BCUT2D eigenvalue weighted by molar-refractivity contribution is 6.31. The first kappa shape index (κ1) is 34.6. The predicted molar refractivity (Wildman–Crippen MR) is 179 cm³/mol. The minimum atomic E-state index is -1.18. The summed E-state index contributed by atoms with van der Waals surface area (Å²) in [6, 6.07) is 33.8. The summed E-state index contributed by atoms with van der Waals surface area (Å²) in [4.78, 5) is 0. The van der Waals surface area contributed by atoms with E-state index in [-0.39, 0.29) is 6.61 Å². The van der Waals surface area contributed by atoms with E-state index in [1.165, 1.54) is 0 Å². The molecule has 1 aliphatic heterocycles. The number of hydrogen-bond acceptors (Lipinski definition) is 6. The van der Waals surface area contributed by atoms with E-state index < -0.39 is 24.1 Å². The van der Waals surface area contributed by atoms with Crippen LogP contribution in [-0.2, 0) is 44.4 Å². The molecule has 0 saturated carbocycles. The molecule has 0 aromatic heterocycles. The number of methoxy groups -OCH3 is 1. The van der Waals surface area contributed by atoms with Crippen LogP contribution in [0.1, 0.15) is 55.0 Å². The zero-order chi connectivity index (χ0) is 32.1. The van der Waals surface area contributed by atoms with Crippen LogP contribution < -0.4 is 4.74 Å². The van der Waals surface area contributed by atoms with E-state index in [4.69, 9.17) is 35.3 Å². The van der Waals surface area contributed by atoms with Gasteiger partial charge in [-0.1, -0.05) is 104 Å². The monoisotopic (exact) mass is 632 g/mol. The fraction of sp³-hybridized carbons (Fsp3) is 0.368. The molecule has 240 valence electrons. The number of halogens is 1. The first-order chi connectivity index (χ1) is 22.0. The Hall–Kier alpha value is -3.23. The Labute approximate surface area is 272 Å². The summed E-state index contributed by atoms with van der Waals surface area (Å²) in [6.45, 7) is 7.08. The summed E-state index contributed by atoms with van der Waals surface area (Å²) < 4.78 is 31.3. The third-order valence-corrected chi connectivity index (χ3v) is 8.13. The topological polar surface area (TPSA) is 66.4 Å². The Balaban J connectivity index is 0.00000226. The van der Waals surface area contributed by atoms with E-state index in [9.17, 15) is 5.11 Å². The van der Waals surface area contributed by atoms with Crippen molar-refractivity contribution < 1.29 is 28.8 Å². The maximum atomic E-state index is 10.5. The van der Waals surface area contributed by atoms with Gasteiger partial charge in [-0.15, -0.1) is 0 Å². The molecule has 4 aromatic carbocycles. The third-order valence-electron chi connectivity index (χ3n) is 7.76. The molecule has 4 atom stereocenters. The Morgan fingerprint density at radius 1 is 0.822 bits per heavy atom. The van der Waals surface area contributed by atoms with Crippen molar-refractivity contribution in [3.05, 3.63) is 136 Å².